The van der Waals surface area contributed by atoms with E-state index in [1.165, 1.54) is 109 Å². The molecule has 492 valence electrons. The monoisotopic (exact) mass is 1210 g/mol. The molecule has 9 nitrogen and oxygen atoms in total. The van der Waals surface area contributed by atoms with E-state index in [1.807, 2.05) is 21.1 Å². The van der Waals surface area contributed by atoms with Gasteiger partial charge in [0, 0.05) is 12.8 Å². The fraction of sp³-hybridized carbons (Fsp3) is 0.628. The Kier molecular flexibility index (Phi) is 62.9. The molecule has 0 saturated heterocycles. The topological polar surface area (TPSA) is 108 Å². The molecule has 0 heterocycles. The van der Waals surface area contributed by atoms with Gasteiger partial charge in [0.2, 0.25) is 0 Å². The van der Waals surface area contributed by atoms with Gasteiger partial charge in [0.1, 0.15) is 13.2 Å². The van der Waals surface area contributed by atoms with Gasteiger partial charge in [-0.1, -0.05) is 275 Å². The summed E-state index contributed by atoms with van der Waals surface area (Å²) < 4.78 is 22.9. The number of carboxylic acid groups (broad SMARTS) is 1. The summed E-state index contributed by atoms with van der Waals surface area (Å²) >= 11 is 0. The highest BCUT2D eigenvalue weighted by Crippen LogP contribution is 2.15. The van der Waals surface area contributed by atoms with Crippen LogP contribution in [-0.2, 0) is 33.3 Å². The van der Waals surface area contributed by atoms with Gasteiger partial charge in [-0.05, 0) is 128 Å². The van der Waals surface area contributed by atoms with Crippen molar-refractivity contribution in [2.45, 2.75) is 270 Å². The standard InChI is InChI=1S/C78H127NO8/c1-6-8-10-12-14-16-18-20-22-24-26-28-30-32-33-34-35-36-37-38-39-40-41-42-43-45-47-49-51-53-55-57-59-61-63-65-67-69-76(81)87-74(73-86-78(77(82)83)84-71-70-79(3,4)5)72-85-75(80)68-66-64-62-60-58-56-54-52-50-48-46-44-31-29-27-25-23-21-19-17-15-13-11-9-7-2/h8,10,14,16,19-22,25-28,32-33,35-36,38-39,41-42,45,47,51,53,57,59,74,78H,6-7,9,11-13,15,17-18,23-24,29-31,34,37,40,43-44,46,48-50,52,54-56,58,60-73H2,1-5H3/p+1/b10-8-,16-14-,21-19-,22-20-,27-25-,28-26-,33-32-,36-35-,39-38-,42-41-,47-45-,53-51-,59-57-. The minimum absolute atomic E-state index is 0.173. The van der Waals surface area contributed by atoms with Crippen molar-refractivity contribution in [2.24, 2.45) is 0 Å². The van der Waals surface area contributed by atoms with Gasteiger partial charge < -0.3 is 28.5 Å². The summed E-state index contributed by atoms with van der Waals surface area (Å²) in [4.78, 5) is 37.6. The van der Waals surface area contributed by atoms with Crippen molar-refractivity contribution in [3.05, 3.63) is 158 Å². The second kappa shape index (κ2) is 66.9. The number of unbranched alkanes of at least 4 members (excludes halogenated alkanes) is 21. The average Bonchev–Trinajstić information content (AvgIpc) is 3.57. The Morgan fingerprint density at radius 1 is 0.356 bits per heavy atom. The quantitative estimate of drug-likeness (QED) is 0.0211. The first kappa shape index (κ1) is 81.9. The Labute approximate surface area is 534 Å². The highest BCUT2D eigenvalue weighted by molar-refractivity contribution is 5.71. The van der Waals surface area contributed by atoms with Crippen LogP contribution in [0.2, 0.25) is 0 Å². The molecule has 0 aromatic carbocycles. The summed E-state index contributed by atoms with van der Waals surface area (Å²) in [5.74, 6) is -2.06. The first-order valence-electron chi connectivity index (χ1n) is 34.6. The number of quaternary nitrogens is 1. The smallest absolute Gasteiger partial charge is 0.361 e. The lowest BCUT2D eigenvalue weighted by molar-refractivity contribution is -0.870. The molecule has 0 radical (unpaired) electrons. The number of esters is 2. The molecule has 0 aromatic heterocycles. The van der Waals surface area contributed by atoms with Gasteiger partial charge in [-0.15, -0.1) is 0 Å². The number of hydrogen-bond acceptors (Lipinski definition) is 7. The largest absolute Gasteiger partial charge is 0.477 e. The van der Waals surface area contributed by atoms with Gasteiger partial charge >= 0.3 is 17.9 Å². The van der Waals surface area contributed by atoms with Crippen LogP contribution in [0.25, 0.3) is 0 Å². The van der Waals surface area contributed by atoms with Crippen LogP contribution in [-0.4, -0.2) is 87.4 Å². The molecule has 0 aromatic rings. The molecular formula is C78H128NO8+. The number of ether oxygens (including phenoxy) is 4. The zero-order valence-corrected chi connectivity index (χ0v) is 56.1. The fourth-order valence-electron chi connectivity index (χ4n) is 8.99. The van der Waals surface area contributed by atoms with Crippen LogP contribution < -0.4 is 0 Å². The molecule has 0 amide bonds. The number of carbonyl (C=O) groups excluding carboxylic acids is 2. The lowest BCUT2D eigenvalue weighted by Gasteiger charge is -2.25. The van der Waals surface area contributed by atoms with Crippen LogP contribution in [0.1, 0.15) is 258 Å². The summed E-state index contributed by atoms with van der Waals surface area (Å²) in [7, 11) is 5.95. The van der Waals surface area contributed by atoms with Crippen LogP contribution in [0, 0.1) is 0 Å². The number of likely N-dealkylation sites (N-methyl/N-ethyl adjacent to an activating group) is 1. The highest BCUT2D eigenvalue weighted by Gasteiger charge is 2.25. The number of aliphatic carboxylic acids is 1. The zero-order valence-electron chi connectivity index (χ0n) is 56.1. The predicted octanol–water partition coefficient (Wildman–Crippen LogP) is 21.7. The number of nitrogens with zero attached hydrogens (tertiary/aromatic N) is 1. The maximum absolute atomic E-state index is 12.9. The lowest BCUT2D eigenvalue weighted by Crippen LogP contribution is -2.40. The lowest BCUT2D eigenvalue weighted by atomic mass is 10.0. The van der Waals surface area contributed by atoms with E-state index < -0.39 is 24.3 Å². The molecule has 0 saturated carbocycles. The Morgan fingerprint density at radius 2 is 0.655 bits per heavy atom. The maximum atomic E-state index is 12.9. The van der Waals surface area contributed by atoms with E-state index >= 15 is 0 Å². The van der Waals surface area contributed by atoms with Crippen molar-refractivity contribution in [2.75, 3.05) is 47.5 Å². The minimum atomic E-state index is -1.53. The minimum Gasteiger partial charge on any atom is -0.477 e. The summed E-state index contributed by atoms with van der Waals surface area (Å²) in [6, 6.07) is 0. The Balaban J connectivity index is 4.27. The van der Waals surface area contributed by atoms with Crippen LogP contribution in [0.4, 0.5) is 0 Å². The molecule has 2 atom stereocenters. The van der Waals surface area contributed by atoms with E-state index in [2.05, 4.69) is 172 Å². The highest BCUT2D eigenvalue weighted by atomic mass is 16.7. The van der Waals surface area contributed by atoms with Crippen LogP contribution in [0.15, 0.2) is 158 Å². The van der Waals surface area contributed by atoms with Gasteiger partial charge in [-0.25, -0.2) is 4.79 Å². The van der Waals surface area contributed by atoms with Crippen molar-refractivity contribution >= 4 is 17.9 Å². The number of carboxylic acids is 1. The Hall–Kier alpha value is -5.09. The van der Waals surface area contributed by atoms with Crippen molar-refractivity contribution in [1.82, 2.24) is 0 Å². The first-order valence-corrected chi connectivity index (χ1v) is 34.6. The van der Waals surface area contributed by atoms with Gasteiger partial charge in [-0.2, -0.15) is 0 Å². The Morgan fingerprint density at radius 3 is 0.989 bits per heavy atom. The number of hydrogen-bond donors (Lipinski definition) is 1. The van der Waals surface area contributed by atoms with Gasteiger partial charge in [0.05, 0.1) is 34.4 Å². The SMILES string of the molecule is CC/C=C\C/C=C\C/C=C\C/C=C\C/C=C\C/C=C\C/C=C\C/C=C\C/C=C\C/C=C\C/C=C\CCCCCC(=O)OC(COC(=O)CCCCCCCCCCCCCCC/C=C\C/C=C\CCCCCCC)COC(OCC[N+](C)(C)C)C(=O)O. The molecule has 0 fully saturated rings. The summed E-state index contributed by atoms with van der Waals surface area (Å²) in [6.07, 6.45) is 96.3. The molecular weight excluding hydrogens is 1080 g/mol. The second-order valence-electron chi connectivity index (χ2n) is 23.7. The van der Waals surface area contributed by atoms with Gasteiger partial charge in [0.25, 0.3) is 6.29 Å². The summed E-state index contributed by atoms with van der Waals surface area (Å²) in [5.41, 5.74) is 0. The van der Waals surface area contributed by atoms with Crippen molar-refractivity contribution < 1.29 is 42.9 Å². The first-order chi connectivity index (χ1) is 42.6. The third-order valence-corrected chi connectivity index (χ3v) is 14.3. The molecule has 0 bridgehead atoms. The van der Waals surface area contributed by atoms with Crippen molar-refractivity contribution in [3.8, 4) is 0 Å². The molecule has 9 heteroatoms. The zero-order chi connectivity index (χ0) is 63.3. The maximum Gasteiger partial charge on any atom is 0.361 e. The van der Waals surface area contributed by atoms with E-state index in [4.69, 9.17) is 18.9 Å². The van der Waals surface area contributed by atoms with Crippen molar-refractivity contribution in [1.29, 1.82) is 0 Å². The molecule has 0 rings (SSSR count). The average molecular weight is 1210 g/mol. The van der Waals surface area contributed by atoms with Crippen LogP contribution in [0.3, 0.4) is 0 Å². The second-order valence-corrected chi connectivity index (χ2v) is 23.7. The third-order valence-electron chi connectivity index (χ3n) is 14.3. The molecule has 87 heavy (non-hydrogen) atoms. The van der Waals surface area contributed by atoms with E-state index in [0.717, 1.165) is 116 Å². The molecule has 0 aliphatic carbocycles. The fourth-order valence-corrected chi connectivity index (χ4v) is 8.99. The number of carbonyl (C=O) groups is 3. The van der Waals surface area contributed by atoms with Crippen LogP contribution in [0.5, 0.6) is 0 Å². The summed E-state index contributed by atoms with van der Waals surface area (Å²) in [6.45, 7) is 4.71. The van der Waals surface area contributed by atoms with E-state index in [0.29, 0.717) is 17.4 Å². The van der Waals surface area contributed by atoms with E-state index in [1.54, 1.807) is 0 Å². The molecule has 0 aliphatic rings. The molecule has 0 aliphatic heterocycles. The number of allylic oxidation sites excluding steroid dienone is 26. The van der Waals surface area contributed by atoms with Crippen LogP contribution >= 0.6 is 0 Å². The molecule has 2 unspecified atom stereocenters. The van der Waals surface area contributed by atoms with Gasteiger partial charge in [-0.3, -0.25) is 9.59 Å². The summed E-state index contributed by atoms with van der Waals surface area (Å²) in [5, 5.41) is 9.74. The predicted molar refractivity (Wildman–Crippen MR) is 373 cm³/mol. The van der Waals surface area contributed by atoms with Gasteiger partial charge in [0.15, 0.2) is 6.10 Å². The number of rotatable bonds is 62. The normalized spacial score (nSPS) is 13.7. The molecule has 1 N–H and O–H groups in total. The van der Waals surface area contributed by atoms with E-state index in [-0.39, 0.29) is 38.6 Å². The van der Waals surface area contributed by atoms with E-state index in [9.17, 15) is 19.5 Å². The Bertz CT molecular complexity index is 1990. The third kappa shape index (κ3) is 68.3. The molecule has 0 spiro atoms. The van der Waals surface area contributed by atoms with Crippen molar-refractivity contribution in [3.63, 3.8) is 0 Å².